The van der Waals surface area contributed by atoms with Crippen LogP contribution in [0.5, 0.6) is 0 Å². The van der Waals surface area contributed by atoms with Gasteiger partial charge in [-0.25, -0.2) is 0 Å². The lowest BCUT2D eigenvalue weighted by atomic mass is 9.99. The third-order valence-electron chi connectivity index (χ3n) is 4.45. The topological polar surface area (TPSA) is 15.3 Å². The van der Waals surface area contributed by atoms with E-state index in [4.69, 9.17) is 0 Å². The van der Waals surface area contributed by atoms with Crippen molar-refractivity contribution in [1.82, 2.24) is 10.2 Å². The van der Waals surface area contributed by atoms with E-state index < -0.39 is 0 Å². The molecule has 0 bridgehead atoms. The molecule has 2 nitrogen and oxygen atoms in total. The molecule has 1 aromatic rings. The Bertz CT molecular complexity index is 390. The standard InChI is InChI=1S/C17H28N2/c1-13-7-5-6-8-17(13)16(4)19-11-9-14(2)18-15(3)10-12-19/h5-8,14-16,18H,9-12H2,1-4H3. The van der Waals surface area contributed by atoms with Gasteiger partial charge in [-0.15, -0.1) is 0 Å². The Morgan fingerprint density at radius 2 is 1.68 bits per heavy atom. The first-order chi connectivity index (χ1) is 9.08. The molecular weight excluding hydrogens is 232 g/mol. The normalized spacial score (nSPS) is 27.6. The van der Waals surface area contributed by atoms with Crippen molar-refractivity contribution in [3.63, 3.8) is 0 Å². The van der Waals surface area contributed by atoms with Crippen molar-refractivity contribution in [3.8, 4) is 0 Å². The minimum Gasteiger partial charge on any atom is -0.312 e. The molecule has 1 aliphatic heterocycles. The molecule has 0 spiro atoms. The maximum absolute atomic E-state index is 3.67. The Hall–Kier alpha value is -0.860. The largest absolute Gasteiger partial charge is 0.312 e. The maximum Gasteiger partial charge on any atom is 0.0322 e. The fourth-order valence-corrected chi connectivity index (χ4v) is 3.12. The zero-order valence-corrected chi connectivity index (χ0v) is 12.8. The van der Waals surface area contributed by atoms with Crippen LogP contribution >= 0.6 is 0 Å². The van der Waals surface area contributed by atoms with Gasteiger partial charge < -0.3 is 5.32 Å². The quantitative estimate of drug-likeness (QED) is 0.875. The highest BCUT2D eigenvalue weighted by molar-refractivity contribution is 5.28. The third-order valence-corrected chi connectivity index (χ3v) is 4.45. The summed E-state index contributed by atoms with van der Waals surface area (Å²) in [6, 6.07) is 10.6. The molecule has 106 valence electrons. The number of aryl methyl sites for hydroxylation is 1. The van der Waals surface area contributed by atoms with Gasteiger partial charge in [0.25, 0.3) is 0 Å². The Labute approximate surface area is 118 Å². The predicted molar refractivity (Wildman–Crippen MR) is 82.5 cm³/mol. The predicted octanol–water partition coefficient (Wildman–Crippen LogP) is 3.52. The Morgan fingerprint density at radius 3 is 2.26 bits per heavy atom. The summed E-state index contributed by atoms with van der Waals surface area (Å²) in [6.45, 7) is 11.6. The van der Waals surface area contributed by atoms with E-state index in [0.717, 1.165) is 0 Å². The molecule has 0 aliphatic carbocycles. The summed E-state index contributed by atoms with van der Waals surface area (Å²) in [7, 11) is 0. The molecule has 1 N–H and O–H groups in total. The highest BCUT2D eigenvalue weighted by Gasteiger charge is 2.21. The first-order valence-electron chi connectivity index (χ1n) is 7.63. The summed E-state index contributed by atoms with van der Waals surface area (Å²) in [4.78, 5) is 2.65. The van der Waals surface area contributed by atoms with Crippen LogP contribution in [0.25, 0.3) is 0 Å². The summed E-state index contributed by atoms with van der Waals surface area (Å²) in [5.41, 5.74) is 2.90. The van der Waals surface area contributed by atoms with Gasteiger partial charge in [0, 0.05) is 31.2 Å². The van der Waals surface area contributed by atoms with Crippen LogP contribution in [0.1, 0.15) is 50.8 Å². The number of nitrogens with one attached hydrogen (secondary N) is 1. The summed E-state index contributed by atoms with van der Waals surface area (Å²) >= 11 is 0. The first kappa shape index (κ1) is 14.5. The van der Waals surface area contributed by atoms with Gasteiger partial charge in [-0.05, 0) is 51.7 Å². The van der Waals surface area contributed by atoms with E-state index in [0.29, 0.717) is 18.1 Å². The van der Waals surface area contributed by atoms with Crippen LogP contribution in [0.4, 0.5) is 0 Å². The van der Waals surface area contributed by atoms with Crippen LogP contribution in [0, 0.1) is 6.92 Å². The molecule has 0 saturated carbocycles. The van der Waals surface area contributed by atoms with Crippen molar-refractivity contribution in [3.05, 3.63) is 35.4 Å². The maximum atomic E-state index is 3.67. The fourth-order valence-electron chi connectivity index (χ4n) is 3.12. The number of nitrogens with zero attached hydrogens (tertiary/aromatic N) is 1. The smallest absolute Gasteiger partial charge is 0.0322 e. The monoisotopic (exact) mass is 260 g/mol. The molecule has 19 heavy (non-hydrogen) atoms. The average Bonchev–Trinajstić information content (AvgIpc) is 2.36. The van der Waals surface area contributed by atoms with Crippen LogP contribution in [0.2, 0.25) is 0 Å². The van der Waals surface area contributed by atoms with Gasteiger partial charge in [-0.1, -0.05) is 24.3 Å². The van der Waals surface area contributed by atoms with Crippen molar-refractivity contribution in [2.45, 2.75) is 58.7 Å². The number of rotatable bonds is 2. The van der Waals surface area contributed by atoms with Crippen LogP contribution in [-0.2, 0) is 0 Å². The second-order valence-corrected chi connectivity index (χ2v) is 6.11. The summed E-state index contributed by atoms with van der Waals surface area (Å²) in [5.74, 6) is 0. The Balaban J connectivity index is 2.09. The van der Waals surface area contributed by atoms with Gasteiger partial charge in [0.1, 0.15) is 0 Å². The number of hydrogen-bond acceptors (Lipinski definition) is 2. The average molecular weight is 260 g/mol. The van der Waals surface area contributed by atoms with Crippen molar-refractivity contribution in [2.75, 3.05) is 13.1 Å². The molecule has 0 radical (unpaired) electrons. The molecule has 2 rings (SSSR count). The lowest BCUT2D eigenvalue weighted by molar-refractivity contribution is 0.172. The number of benzene rings is 1. The van der Waals surface area contributed by atoms with Gasteiger partial charge in [-0.2, -0.15) is 0 Å². The zero-order valence-electron chi connectivity index (χ0n) is 12.8. The lowest BCUT2D eigenvalue weighted by Crippen LogP contribution is -2.43. The van der Waals surface area contributed by atoms with E-state index in [-0.39, 0.29) is 0 Å². The van der Waals surface area contributed by atoms with Crippen molar-refractivity contribution < 1.29 is 0 Å². The Morgan fingerprint density at radius 1 is 1.11 bits per heavy atom. The lowest BCUT2D eigenvalue weighted by Gasteiger charge is -2.35. The minimum atomic E-state index is 0.527. The summed E-state index contributed by atoms with van der Waals surface area (Å²) in [6.07, 6.45) is 2.47. The van der Waals surface area contributed by atoms with Gasteiger partial charge in [-0.3, -0.25) is 4.90 Å². The third kappa shape index (κ3) is 3.80. The van der Waals surface area contributed by atoms with Gasteiger partial charge >= 0.3 is 0 Å². The van der Waals surface area contributed by atoms with Crippen LogP contribution < -0.4 is 5.32 Å². The van der Waals surface area contributed by atoms with E-state index in [1.807, 2.05) is 0 Å². The van der Waals surface area contributed by atoms with Crippen molar-refractivity contribution >= 4 is 0 Å². The van der Waals surface area contributed by atoms with Crippen LogP contribution in [0.15, 0.2) is 24.3 Å². The van der Waals surface area contributed by atoms with Crippen LogP contribution in [0.3, 0.4) is 0 Å². The van der Waals surface area contributed by atoms with Gasteiger partial charge in [0.2, 0.25) is 0 Å². The molecule has 1 saturated heterocycles. The second-order valence-electron chi connectivity index (χ2n) is 6.11. The molecule has 1 fully saturated rings. The molecule has 1 heterocycles. The molecule has 3 atom stereocenters. The van der Waals surface area contributed by atoms with Gasteiger partial charge in [0.05, 0.1) is 0 Å². The zero-order chi connectivity index (χ0) is 13.8. The van der Waals surface area contributed by atoms with E-state index in [2.05, 4.69) is 62.2 Å². The molecule has 0 amide bonds. The van der Waals surface area contributed by atoms with Crippen LogP contribution in [-0.4, -0.2) is 30.1 Å². The SMILES string of the molecule is Cc1ccccc1C(C)N1CCC(C)NC(C)CC1. The van der Waals surface area contributed by atoms with E-state index >= 15 is 0 Å². The van der Waals surface area contributed by atoms with Crippen molar-refractivity contribution in [1.29, 1.82) is 0 Å². The molecule has 1 aliphatic rings. The fraction of sp³-hybridized carbons (Fsp3) is 0.647. The molecular formula is C17H28N2. The summed E-state index contributed by atoms with van der Waals surface area (Å²) < 4.78 is 0. The van der Waals surface area contributed by atoms with E-state index in [1.165, 1.54) is 37.1 Å². The number of hydrogen-bond donors (Lipinski definition) is 1. The minimum absolute atomic E-state index is 0.527. The molecule has 0 aromatic heterocycles. The van der Waals surface area contributed by atoms with Crippen molar-refractivity contribution in [2.24, 2.45) is 0 Å². The Kier molecular flexibility index (Phi) is 5.00. The van der Waals surface area contributed by atoms with E-state index in [9.17, 15) is 0 Å². The molecule has 1 aromatic carbocycles. The molecule has 2 heteroatoms. The first-order valence-corrected chi connectivity index (χ1v) is 7.63. The highest BCUT2D eigenvalue weighted by atomic mass is 15.2. The molecule has 3 unspecified atom stereocenters. The van der Waals surface area contributed by atoms with Gasteiger partial charge in [0.15, 0.2) is 0 Å². The summed E-state index contributed by atoms with van der Waals surface area (Å²) in [5, 5.41) is 3.67. The highest BCUT2D eigenvalue weighted by Crippen LogP contribution is 2.24. The second kappa shape index (κ2) is 6.53. The van der Waals surface area contributed by atoms with E-state index in [1.54, 1.807) is 0 Å².